The summed E-state index contributed by atoms with van der Waals surface area (Å²) in [5.41, 5.74) is 0.0633. The van der Waals surface area contributed by atoms with E-state index >= 15 is 0 Å². The topological polar surface area (TPSA) is 20.3 Å². The molecule has 0 atom stereocenters. The normalized spacial score (nSPS) is 11.4. The van der Waals surface area contributed by atoms with Gasteiger partial charge in [0.15, 0.2) is 0 Å². The summed E-state index contributed by atoms with van der Waals surface area (Å²) in [5.74, 6) is -0.0371. The van der Waals surface area contributed by atoms with Gasteiger partial charge in [0.25, 0.3) is 0 Å². The summed E-state index contributed by atoms with van der Waals surface area (Å²) in [7, 11) is 3.30. The molecular formula is C12H14F3NO. The first-order valence-electron chi connectivity index (χ1n) is 5.17. The van der Waals surface area contributed by atoms with Crippen molar-refractivity contribution in [1.82, 2.24) is 4.90 Å². The lowest BCUT2D eigenvalue weighted by atomic mass is 10.1. The van der Waals surface area contributed by atoms with E-state index in [-0.39, 0.29) is 5.91 Å². The Bertz CT molecular complexity index is 382. The van der Waals surface area contributed by atoms with E-state index in [1.165, 1.54) is 17.0 Å². The number of amides is 1. The summed E-state index contributed by atoms with van der Waals surface area (Å²) >= 11 is 0. The number of carbonyl (C=O) groups excluding carboxylic acids is 1. The lowest BCUT2D eigenvalue weighted by molar-refractivity contribution is -0.137. The van der Waals surface area contributed by atoms with Gasteiger partial charge in [0.1, 0.15) is 0 Å². The lowest BCUT2D eigenvalue weighted by Crippen LogP contribution is -2.21. The van der Waals surface area contributed by atoms with Gasteiger partial charge in [0, 0.05) is 20.5 Å². The Morgan fingerprint density at radius 3 is 2.12 bits per heavy atom. The second-order valence-electron chi connectivity index (χ2n) is 3.98. The van der Waals surface area contributed by atoms with Gasteiger partial charge in [-0.25, -0.2) is 0 Å². The Morgan fingerprint density at radius 2 is 1.71 bits per heavy atom. The van der Waals surface area contributed by atoms with Crippen molar-refractivity contribution in [1.29, 1.82) is 0 Å². The molecule has 0 aromatic heterocycles. The van der Waals surface area contributed by atoms with E-state index < -0.39 is 11.7 Å². The van der Waals surface area contributed by atoms with Gasteiger partial charge in [-0.2, -0.15) is 13.2 Å². The zero-order valence-electron chi connectivity index (χ0n) is 9.71. The molecule has 0 saturated carbocycles. The maximum atomic E-state index is 12.3. The molecule has 0 saturated heterocycles. The average Bonchev–Trinajstić information content (AvgIpc) is 2.25. The van der Waals surface area contributed by atoms with Gasteiger partial charge < -0.3 is 4.90 Å². The molecule has 2 nitrogen and oxygen atoms in total. The second kappa shape index (κ2) is 5.21. The van der Waals surface area contributed by atoms with Gasteiger partial charge in [-0.3, -0.25) is 4.79 Å². The molecule has 1 aromatic rings. The number of aryl methyl sites for hydroxylation is 1. The van der Waals surface area contributed by atoms with Crippen LogP contribution in [0, 0.1) is 0 Å². The number of benzene rings is 1. The van der Waals surface area contributed by atoms with Crippen molar-refractivity contribution in [3.05, 3.63) is 35.4 Å². The molecule has 17 heavy (non-hydrogen) atoms. The van der Waals surface area contributed by atoms with Crippen LogP contribution in [-0.2, 0) is 17.4 Å². The molecule has 0 fully saturated rings. The van der Waals surface area contributed by atoms with E-state index in [0.29, 0.717) is 12.8 Å². The van der Waals surface area contributed by atoms with Gasteiger partial charge in [-0.1, -0.05) is 12.1 Å². The SMILES string of the molecule is CN(C)C(=O)CCc1ccc(C(F)(F)F)cc1. The van der Waals surface area contributed by atoms with E-state index in [2.05, 4.69) is 0 Å². The van der Waals surface area contributed by atoms with Crippen LogP contribution in [-0.4, -0.2) is 24.9 Å². The fourth-order valence-corrected chi connectivity index (χ4v) is 1.34. The highest BCUT2D eigenvalue weighted by Gasteiger charge is 2.29. The molecule has 94 valence electrons. The standard InChI is InChI=1S/C12H14F3NO/c1-16(2)11(17)8-5-9-3-6-10(7-4-9)12(13,14)15/h3-4,6-7H,5,8H2,1-2H3. The third-order valence-corrected chi connectivity index (χ3v) is 2.41. The number of alkyl halides is 3. The van der Waals surface area contributed by atoms with E-state index in [9.17, 15) is 18.0 Å². The molecule has 0 unspecified atom stereocenters. The Kier molecular flexibility index (Phi) is 4.15. The zero-order chi connectivity index (χ0) is 13.1. The Morgan fingerprint density at radius 1 is 1.18 bits per heavy atom. The second-order valence-corrected chi connectivity index (χ2v) is 3.98. The molecule has 0 aliphatic heterocycles. The minimum atomic E-state index is -4.31. The Hall–Kier alpha value is -1.52. The molecule has 0 bridgehead atoms. The fourth-order valence-electron chi connectivity index (χ4n) is 1.34. The van der Waals surface area contributed by atoms with Gasteiger partial charge in [0.2, 0.25) is 5.91 Å². The molecule has 0 N–H and O–H groups in total. The van der Waals surface area contributed by atoms with Crippen molar-refractivity contribution >= 4 is 5.91 Å². The number of nitrogens with zero attached hydrogens (tertiary/aromatic N) is 1. The summed E-state index contributed by atoms with van der Waals surface area (Å²) in [6.45, 7) is 0. The molecule has 0 radical (unpaired) electrons. The van der Waals surface area contributed by atoms with Crippen LogP contribution < -0.4 is 0 Å². The van der Waals surface area contributed by atoms with E-state index in [1.807, 2.05) is 0 Å². The van der Waals surface area contributed by atoms with Crippen LogP contribution in [0.1, 0.15) is 17.5 Å². The van der Waals surface area contributed by atoms with E-state index in [4.69, 9.17) is 0 Å². The summed E-state index contributed by atoms with van der Waals surface area (Å²) < 4.78 is 36.8. The van der Waals surface area contributed by atoms with Crippen LogP contribution in [0.5, 0.6) is 0 Å². The van der Waals surface area contributed by atoms with Gasteiger partial charge in [-0.15, -0.1) is 0 Å². The number of hydrogen-bond acceptors (Lipinski definition) is 1. The molecule has 1 rings (SSSR count). The predicted molar refractivity (Wildman–Crippen MR) is 58.5 cm³/mol. The Balaban J connectivity index is 2.61. The largest absolute Gasteiger partial charge is 0.416 e. The zero-order valence-corrected chi connectivity index (χ0v) is 9.71. The van der Waals surface area contributed by atoms with Crippen LogP contribution in [0.2, 0.25) is 0 Å². The predicted octanol–water partition coefficient (Wildman–Crippen LogP) is 2.73. The quantitative estimate of drug-likeness (QED) is 0.801. The van der Waals surface area contributed by atoms with Gasteiger partial charge >= 0.3 is 6.18 Å². The van der Waals surface area contributed by atoms with Crippen LogP contribution in [0.15, 0.2) is 24.3 Å². The summed E-state index contributed by atoms with van der Waals surface area (Å²) in [5, 5.41) is 0. The monoisotopic (exact) mass is 245 g/mol. The number of rotatable bonds is 3. The summed E-state index contributed by atoms with van der Waals surface area (Å²) in [4.78, 5) is 12.8. The smallest absolute Gasteiger partial charge is 0.349 e. The number of hydrogen-bond donors (Lipinski definition) is 0. The molecule has 1 amide bonds. The molecule has 0 aliphatic carbocycles. The third-order valence-electron chi connectivity index (χ3n) is 2.41. The average molecular weight is 245 g/mol. The first kappa shape index (κ1) is 13.5. The van der Waals surface area contributed by atoms with E-state index in [0.717, 1.165) is 17.7 Å². The molecule has 1 aromatic carbocycles. The summed E-state index contributed by atoms with van der Waals surface area (Å²) in [6.07, 6.45) is -3.55. The van der Waals surface area contributed by atoms with Crippen molar-refractivity contribution in [3.63, 3.8) is 0 Å². The maximum absolute atomic E-state index is 12.3. The highest BCUT2D eigenvalue weighted by atomic mass is 19.4. The highest BCUT2D eigenvalue weighted by Crippen LogP contribution is 2.29. The highest BCUT2D eigenvalue weighted by molar-refractivity contribution is 5.75. The van der Waals surface area contributed by atoms with Crippen LogP contribution in [0.25, 0.3) is 0 Å². The first-order valence-corrected chi connectivity index (χ1v) is 5.17. The third kappa shape index (κ3) is 4.09. The molecule has 0 spiro atoms. The minimum absolute atomic E-state index is 0.0371. The first-order chi connectivity index (χ1) is 7.80. The number of carbonyl (C=O) groups is 1. The lowest BCUT2D eigenvalue weighted by Gasteiger charge is -2.10. The van der Waals surface area contributed by atoms with Crippen molar-refractivity contribution in [3.8, 4) is 0 Å². The Labute approximate surface area is 98.0 Å². The van der Waals surface area contributed by atoms with Crippen LogP contribution >= 0.6 is 0 Å². The molecular weight excluding hydrogens is 231 g/mol. The maximum Gasteiger partial charge on any atom is 0.416 e. The molecule has 0 aliphatic rings. The fraction of sp³-hybridized carbons (Fsp3) is 0.417. The number of halogens is 3. The van der Waals surface area contributed by atoms with Gasteiger partial charge in [0.05, 0.1) is 5.56 Å². The van der Waals surface area contributed by atoms with Crippen LogP contribution in [0.4, 0.5) is 13.2 Å². The van der Waals surface area contributed by atoms with Crippen molar-refractivity contribution in [2.75, 3.05) is 14.1 Å². The summed E-state index contributed by atoms with van der Waals surface area (Å²) in [6, 6.07) is 4.89. The van der Waals surface area contributed by atoms with Crippen LogP contribution in [0.3, 0.4) is 0 Å². The van der Waals surface area contributed by atoms with E-state index in [1.54, 1.807) is 14.1 Å². The molecule has 5 heteroatoms. The van der Waals surface area contributed by atoms with Crippen molar-refractivity contribution in [2.24, 2.45) is 0 Å². The van der Waals surface area contributed by atoms with Gasteiger partial charge in [-0.05, 0) is 24.1 Å². The molecule has 0 heterocycles. The minimum Gasteiger partial charge on any atom is -0.349 e. The van der Waals surface area contributed by atoms with Crippen molar-refractivity contribution in [2.45, 2.75) is 19.0 Å². The van der Waals surface area contributed by atoms with Crippen molar-refractivity contribution < 1.29 is 18.0 Å².